The highest BCUT2D eigenvalue weighted by molar-refractivity contribution is 6.31. The van der Waals surface area contributed by atoms with Gasteiger partial charge in [-0.15, -0.1) is 0 Å². The average molecular weight is 559 g/mol. The number of pyridine rings is 1. The minimum absolute atomic E-state index is 0.0977. The van der Waals surface area contributed by atoms with E-state index in [-0.39, 0.29) is 22.5 Å². The van der Waals surface area contributed by atoms with E-state index >= 15 is 0 Å². The Labute approximate surface area is 212 Å². The zero-order valence-electron chi connectivity index (χ0n) is 18.5. The molecule has 0 unspecified atom stereocenters. The predicted molar refractivity (Wildman–Crippen MR) is 119 cm³/mol. The number of rotatable bonds is 4. The van der Waals surface area contributed by atoms with Crippen LogP contribution in [0.25, 0.3) is 22.6 Å². The van der Waals surface area contributed by atoms with E-state index in [2.05, 4.69) is 0 Å². The molecule has 0 aliphatic rings. The fourth-order valence-corrected chi connectivity index (χ4v) is 3.99. The molecule has 4 nitrogen and oxygen atoms in total. The lowest BCUT2D eigenvalue weighted by molar-refractivity contribution is -0.138. The number of nitrogens with zero attached hydrogens (tertiary/aromatic N) is 2. The van der Waals surface area contributed by atoms with Gasteiger partial charge in [0.1, 0.15) is 23.3 Å². The van der Waals surface area contributed by atoms with Gasteiger partial charge in [-0.1, -0.05) is 23.7 Å². The SMILES string of the molecule is N#Cc1c(C(F)(F)F)cc(-c2cc(-c3ccc(C(F)(F)F)c(Cl)c3)co2)n(Cc2ccc(F)cc2F)c1=O. The number of halogens is 9. The van der Waals surface area contributed by atoms with Crippen molar-refractivity contribution in [2.24, 2.45) is 0 Å². The van der Waals surface area contributed by atoms with Crippen LogP contribution in [-0.2, 0) is 18.9 Å². The molecule has 0 spiro atoms. The molecule has 0 saturated heterocycles. The lowest BCUT2D eigenvalue weighted by atomic mass is 10.0. The Morgan fingerprint density at radius 3 is 2.16 bits per heavy atom. The molecule has 196 valence electrons. The Morgan fingerprint density at radius 1 is 0.895 bits per heavy atom. The molecular formula is C25H11ClF8N2O2. The smallest absolute Gasteiger partial charge is 0.417 e. The van der Waals surface area contributed by atoms with Crippen LogP contribution in [0.4, 0.5) is 35.1 Å². The monoisotopic (exact) mass is 558 g/mol. The van der Waals surface area contributed by atoms with Gasteiger partial charge in [-0.25, -0.2) is 8.78 Å². The lowest BCUT2D eigenvalue weighted by Crippen LogP contribution is -2.29. The van der Waals surface area contributed by atoms with Gasteiger partial charge in [0, 0.05) is 17.2 Å². The third-order valence-corrected chi connectivity index (χ3v) is 5.83. The first-order valence-electron chi connectivity index (χ1n) is 10.4. The molecule has 4 aromatic rings. The van der Waals surface area contributed by atoms with E-state index in [0.717, 1.165) is 36.6 Å². The van der Waals surface area contributed by atoms with Gasteiger partial charge in [0.15, 0.2) is 5.76 Å². The number of aromatic nitrogens is 1. The normalized spacial score (nSPS) is 12.0. The summed E-state index contributed by atoms with van der Waals surface area (Å²) in [6.45, 7) is -0.699. The highest BCUT2D eigenvalue weighted by atomic mass is 35.5. The minimum Gasteiger partial charge on any atom is -0.462 e. The van der Waals surface area contributed by atoms with Crippen LogP contribution in [0.3, 0.4) is 0 Å². The Balaban J connectivity index is 1.90. The Hall–Kier alpha value is -4.11. The number of hydrogen-bond donors (Lipinski definition) is 0. The maximum Gasteiger partial charge on any atom is 0.417 e. The number of hydrogen-bond acceptors (Lipinski definition) is 3. The number of alkyl halides is 6. The van der Waals surface area contributed by atoms with Crippen LogP contribution in [0.1, 0.15) is 22.3 Å². The molecule has 38 heavy (non-hydrogen) atoms. The third-order valence-electron chi connectivity index (χ3n) is 5.52. The highest BCUT2D eigenvalue weighted by Crippen LogP contribution is 2.39. The predicted octanol–water partition coefficient (Wildman–Crippen LogP) is 7.66. The molecule has 0 N–H and O–H groups in total. The summed E-state index contributed by atoms with van der Waals surface area (Å²) in [6, 6.07) is 7.91. The zero-order chi connectivity index (χ0) is 28.0. The second-order valence-electron chi connectivity index (χ2n) is 7.95. The van der Waals surface area contributed by atoms with E-state index in [0.29, 0.717) is 22.8 Å². The molecule has 2 heterocycles. The van der Waals surface area contributed by atoms with Gasteiger partial charge in [-0.05, 0) is 35.9 Å². The number of furan rings is 1. The summed E-state index contributed by atoms with van der Waals surface area (Å²) < 4.78 is 114. The summed E-state index contributed by atoms with van der Waals surface area (Å²) in [7, 11) is 0. The van der Waals surface area contributed by atoms with Crippen molar-refractivity contribution < 1.29 is 39.5 Å². The topological polar surface area (TPSA) is 58.9 Å². The maximum atomic E-state index is 14.3. The van der Waals surface area contributed by atoms with Crippen LogP contribution >= 0.6 is 11.6 Å². The van der Waals surface area contributed by atoms with Crippen molar-refractivity contribution >= 4 is 11.6 Å². The average Bonchev–Trinajstić information content (AvgIpc) is 3.30. The summed E-state index contributed by atoms with van der Waals surface area (Å²) in [5.74, 6) is -2.39. The largest absolute Gasteiger partial charge is 0.462 e. The molecule has 2 aromatic heterocycles. The van der Waals surface area contributed by atoms with Crippen LogP contribution < -0.4 is 5.56 Å². The third kappa shape index (κ3) is 5.15. The van der Waals surface area contributed by atoms with Crippen molar-refractivity contribution in [2.75, 3.05) is 0 Å². The molecule has 0 aliphatic carbocycles. The first-order valence-corrected chi connectivity index (χ1v) is 10.7. The van der Waals surface area contributed by atoms with Crippen LogP contribution in [0.2, 0.25) is 5.02 Å². The Morgan fingerprint density at radius 2 is 1.58 bits per heavy atom. The standard InChI is InChI=1S/C25H11ClF8N2O2/c26-19-5-12(2-4-17(19)24(29,30)31)14-6-22(38-11-14)21-8-18(25(32,33)34)16(9-35)23(37)36(21)10-13-1-3-15(27)7-20(13)28/h1-8,11H,10H2. The fraction of sp³-hybridized carbons (Fsp3) is 0.120. The number of nitriles is 1. The molecule has 0 atom stereocenters. The summed E-state index contributed by atoms with van der Waals surface area (Å²) >= 11 is 5.74. The van der Waals surface area contributed by atoms with Gasteiger partial charge in [-0.3, -0.25) is 9.36 Å². The summed E-state index contributed by atoms with van der Waals surface area (Å²) in [5.41, 5.74) is -5.95. The van der Waals surface area contributed by atoms with E-state index < -0.39 is 63.5 Å². The lowest BCUT2D eigenvalue weighted by Gasteiger charge is -2.16. The molecule has 2 aromatic carbocycles. The van der Waals surface area contributed by atoms with Crippen molar-refractivity contribution in [3.63, 3.8) is 0 Å². The Bertz CT molecular complexity index is 1650. The van der Waals surface area contributed by atoms with Crippen molar-refractivity contribution in [1.29, 1.82) is 5.26 Å². The van der Waals surface area contributed by atoms with Crippen molar-refractivity contribution in [1.82, 2.24) is 4.57 Å². The van der Waals surface area contributed by atoms with Gasteiger partial charge >= 0.3 is 12.4 Å². The van der Waals surface area contributed by atoms with Crippen LogP contribution in [0.15, 0.2) is 64.0 Å². The molecule has 0 aliphatic heterocycles. The maximum absolute atomic E-state index is 14.3. The summed E-state index contributed by atoms with van der Waals surface area (Å²) in [5, 5.41) is 8.62. The second-order valence-corrected chi connectivity index (χ2v) is 8.35. The van der Waals surface area contributed by atoms with Gasteiger partial charge in [0.2, 0.25) is 0 Å². The van der Waals surface area contributed by atoms with Crippen molar-refractivity contribution in [3.8, 4) is 28.7 Å². The van der Waals surface area contributed by atoms with Gasteiger partial charge in [0.05, 0.1) is 34.7 Å². The van der Waals surface area contributed by atoms with E-state index in [4.69, 9.17) is 16.0 Å². The molecule has 0 fully saturated rings. The summed E-state index contributed by atoms with van der Waals surface area (Å²) in [6.07, 6.45) is -8.85. The van der Waals surface area contributed by atoms with Crippen LogP contribution in [-0.4, -0.2) is 4.57 Å². The fourth-order valence-electron chi connectivity index (χ4n) is 3.71. The molecule has 0 radical (unpaired) electrons. The van der Waals surface area contributed by atoms with Gasteiger partial charge in [0.25, 0.3) is 5.56 Å². The van der Waals surface area contributed by atoms with Crippen LogP contribution in [0.5, 0.6) is 0 Å². The first-order chi connectivity index (χ1) is 17.7. The van der Waals surface area contributed by atoms with Gasteiger partial charge < -0.3 is 4.42 Å². The van der Waals surface area contributed by atoms with Gasteiger partial charge in [-0.2, -0.15) is 31.6 Å². The first kappa shape index (κ1) is 26.9. The van der Waals surface area contributed by atoms with Crippen molar-refractivity contribution in [3.05, 3.63) is 104 Å². The van der Waals surface area contributed by atoms with E-state index in [1.165, 1.54) is 6.07 Å². The quantitative estimate of drug-likeness (QED) is 0.242. The molecule has 0 saturated carbocycles. The second kappa shape index (κ2) is 9.64. The Kier molecular flexibility index (Phi) is 6.84. The molecular weight excluding hydrogens is 548 g/mol. The zero-order valence-corrected chi connectivity index (χ0v) is 19.3. The van der Waals surface area contributed by atoms with Crippen molar-refractivity contribution in [2.45, 2.75) is 18.9 Å². The van der Waals surface area contributed by atoms with E-state index in [1.807, 2.05) is 0 Å². The number of benzene rings is 2. The molecule has 13 heteroatoms. The molecule has 0 bridgehead atoms. The van der Waals surface area contributed by atoms with E-state index in [9.17, 15) is 45.2 Å². The summed E-state index contributed by atoms with van der Waals surface area (Å²) in [4.78, 5) is 13.0. The molecule has 0 amide bonds. The highest BCUT2D eigenvalue weighted by Gasteiger charge is 2.37. The molecule has 4 rings (SSSR count). The minimum atomic E-state index is -5.13. The van der Waals surface area contributed by atoms with E-state index in [1.54, 1.807) is 0 Å². The van der Waals surface area contributed by atoms with Crippen LogP contribution in [0, 0.1) is 23.0 Å².